The normalized spacial score (nSPS) is 13.7. The van der Waals surface area contributed by atoms with E-state index in [4.69, 9.17) is 0 Å². The molecule has 0 amide bonds. The lowest BCUT2D eigenvalue weighted by molar-refractivity contribution is 0.104. The standard InChI is InChI=1S/C20H17NOS/c22-19(15-7-3-1-4-8-15)20-17(13-18(23-20)14-11-12-14)21-16-9-5-2-6-10-16/h1-10,13-14,21H,11-12H2. The third-order valence-electron chi connectivity index (χ3n) is 4.03. The van der Waals surface area contributed by atoms with Crippen LogP contribution < -0.4 is 5.32 Å². The van der Waals surface area contributed by atoms with Crippen LogP contribution in [0, 0.1) is 0 Å². The Morgan fingerprint density at radius 3 is 2.26 bits per heavy atom. The van der Waals surface area contributed by atoms with Crippen molar-refractivity contribution in [1.82, 2.24) is 0 Å². The van der Waals surface area contributed by atoms with E-state index >= 15 is 0 Å². The number of hydrogen-bond acceptors (Lipinski definition) is 3. The smallest absolute Gasteiger partial charge is 0.205 e. The first-order chi connectivity index (χ1) is 11.3. The molecule has 0 bridgehead atoms. The minimum atomic E-state index is 0.0981. The summed E-state index contributed by atoms with van der Waals surface area (Å²) in [6.45, 7) is 0. The van der Waals surface area contributed by atoms with Crippen molar-refractivity contribution < 1.29 is 4.79 Å². The molecule has 3 aromatic rings. The molecule has 4 rings (SSSR count). The molecule has 2 aromatic carbocycles. The van der Waals surface area contributed by atoms with Crippen molar-refractivity contribution in [2.75, 3.05) is 5.32 Å². The number of carbonyl (C=O) groups excluding carboxylic acids is 1. The van der Waals surface area contributed by atoms with Crippen LogP contribution in [0.5, 0.6) is 0 Å². The second-order valence-electron chi connectivity index (χ2n) is 5.85. The van der Waals surface area contributed by atoms with Gasteiger partial charge in [0.25, 0.3) is 0 Å². The predicted octanol–water partition coefficient (Wildman–Crippen LogP) is 5.60. The van der Waals surface area contributed by atoms with Crippen molar-refractivity contribution >= 4 is 28.5 Å². The van der Waals surface area contributed by atoms with Gasteiger partial charge in [-0.1, -0.05) is 48.5 Å². The Kier molecular flexibility index (Phi) is 3.72. The third kappa shape index (κ3) is 3.06. The van der Waals surface area contributed by atoms with Gasteiger partial charge in [0.15, 0.2) is 0 Å². The molecule has 0 spiro atoms. The van der Waals surface area contributed by atoms with Crippen molar-refractivity contribution in [3.05, 3.63) is 82.0 Å². The number of benzene rings is 2. The highest BCUT2D eigenvalue weighted by Gasteiger charge is 2.28. The van der Waals surface area contributed by atoms with Crippen LogP contribution in [0.3, 0.4) is 0 Å². The molecule has 0 radical (unpaired) electrons. The Bertz CT molecular complexity index is 819. The zero-order valence-corrected chi connectivity index (χ0v) is 13.5. The summed E-state index contributed by atoms with van der Waals surface area (Å²) in [5.74, 6) is 0.745. The topological polar surface area (TPSA) is 29.1 Å². The molecular weight excluding hydrogens is 302 g/mol. The number of thiophene rings is 1. The van der Waals surface area contributed by atoms with E-state index in [1.807, 2.05) is 60.7 Å². The van der Waals surface area contributed by atoms with Crippen molar-refractivity contribution in [3.63, 3.8) is 0 Å². The molecule has 0 aliphatic heterocycles. The number of rotatable bonds is 5. The van der Waals surface area contributed by atoms with E-state index in [2.05, 4.69) is 11.4 Å². The van der Waals surface area contributed by atoms with Gasteiger partial charge in [-0.3, -0.25) is 4.79 Å². The van der Waals surface area contributed by atoms with E-state index in [9.17, 15) is 4.79 Å². The lowest BCUT2D eigenvalue weighted by atomic mass is 10.1. The Labute approximate surface area is 139 Å². The molecule has 0 saturated heterocycles. The summed E-state index contributed by atoms with van der Waals surface area (Å²) in [4.78, 5) is 15.0. The summed E-state index contributed by atoms with van der Waals surface area (Å²) in [5.41, 5.74) is 2.68. The second-order valence-corrected chi connectivity index (χ2v) is 6.94. The van der Waals surface area contributed by atoms with E-state index in [1.165, 1.54) is 17.7 Å². The quantitative estimate of drug-likeness (QED) is 0.620. The molecule has 114 valence electrons. The molecule has 1 fully saturated rings. The minimum Gasteiger partial charge on any atom is -0.354 e. The largest absolute Gasteiger partial charge is 0.354 e. The lowest BCUT2D eigenvalue weighted by Gasteiger charge is -2.07. The van der Waals surface area contributed by atoms with Crippen LogP contribution in [-0.4, -0.2) is 5.78 Å². The molecule has 1 aliphatic carbocycles. The van der Waals surface area contributed by atoms with Crippen LogP contribution in [-0.2, 0) is 0 Å². The van der Waals surface area contributed by atoms with E-state index in [0.29, 0.717) is 5.92 Å². The fraction of sp³-hybridized carbons (Fsp3) is 0.150. The monoisotopic (exact) mass is 319 g/mol. The summed E-state index contributed by atoms with van der Waals surface area (Å²) >= 11 is 1.64. The van der Waals surface area contributed by atoms with Gasteiger partial charge in [0.1, 0.15) is 0 Å². The summed E-state index contributed by atoms with van der Waals surface area (Å²) in [5, 5.41) is 3.42. The highest BCUT2D eigenvalue weighted by Crippen LogP contribution is 2.46. The van der Waals surface area contributed by atoms with Crippen LogP contribution in [0.15, 0.2) is 66.7 Å². The molecule has 23 heavy (non-hydrogen) atoms. The fourth-order valence-corrected chi connectivity index (χ4v) is 3.88. The zero-order valence-electron chi connectivity index (χ0n) is 12.7. The minimum absolute atomic E-state index is 0.0981. The molecule has 1 heterocycles. The maximum atomic E-state index is 12.9. The number of ketones is 1. The molecule has 1 aliphatic rings. The Morgan fingerprint density at radius 1 is 0.957 bits per heavy atom. The first-order valence-electron chi connectivity index (χ1n) is 7.87. The van der Waals surface area contributed by atoms with Gasteiger partial charge in [-0.05, 0) is 37.0 Å². The van der Waals surface area contributed by atoms with Crippen molar-refractivity contribution in [1.29, 1.82) is 0 Å². The maximum Gasteiger partial charge on any atom is 0.205 e. The molecular formula is C20H17NOS. The second kappa shape index (κ2) is 6.01. The predicted molar refractivity (Wildman–Crippen MR) is 95.9 cm³/mol. The van der Waals surface area contributed by atoms with Crippen molar-refractivity contribution in [2.45, 2.75) is 18.8 Å². The van der Waals surface area contributed by atoms with Gasteiger partial charge in [0, 0.05) is 16.1 Å². The maximum absolute atomic E-state index is 12.9. The fourth-order valence-electron chi connectivity index (χ4n) is 2.64. The van der Waals surface area contributed by atoms with E-state index in [0.717, 1.165) is 21.8 Å². The number of para-hydroxylation sites is 1. The molecule has 1 aromatic heterocycles. The van der Waals surface area contributed by atoms with Gasteiger partial charge in [0.05, 0.1) is 10.6 Å². The van der Waals surface area contributed by atoms with E-state index < -0.39 is 0 Å². The molecule has 3 heteroatoms. The highest BCUT2D eigenvalue weighted by atomic mass is 32.1. The van der Waals surface area contributed by atoms with Gasteiger partial charge in [-0.2, -0.15) is 0 Å². The number of anilines is 2. The van der Waals surface area contributed by atoms with Gasteiger partial charge in [0.2, 0.25) is 5.78 Å². The zero-order chi connectivity index (χ0) is 15.6. The molecule has 1 saturated carbocycles. The average Bonchev–Trinajstić information content (AvgIpc) is 3.37. The third-order valence-corrected chi connectivity index (χ3v) is 5.32. The Morgan fingerprint density at radius 2 is 1.61 bits per heavy atom. The van der Waals surface area contributed by atoms with E-state index in [1.54, 1.807) is 11.3 Å². The van der Waals surface area contributed by atoms with Crippen LogP contribution in [0.1, 0.15) is 38.9 Å². The molecule has 0 unspecified atom stereocenters. The number of hydrogen-bond donors (Lipinski definition) is 1. The van der Waals surface area contributed by atoms with Crippen LogP contribution in [0.4, 0.5) is 11.4 Å². The van der Waals surface area contributed by atoms with Gasteiger partial charge in [-0.25, -0.2) is 0 Å². The summed E-state index contributed by atoms with van der Waals surface area (Å²) in [6, 6.07) is 21.7. The summed E-state index contributed by atoms with van der Waals surface area (Å²) in [7, 11) is 0. The Hall–Kier alpha value is -2.39. The highest BCUT2D eigenvalue weighted by molar-refractivity contribution is 7.15. The van der Waals surface area contributed by atoms with Crippen LogP contribution in [0.2, 0.25) is 0 Å². The molecule has 2 nitrogen and oxygen atoms in total. The first-order valence-corrected chi connectivity index (χ1v) is 8.68. The Balaban J connectivity index is 1.71. The SMILES string of the molecule is O=C(c1ccccc1)c1sc(C2CC2)cc1Nc1ccccc1. The first kappa shape index (κ1) is 14.2. The van der Waals surface area contributed by atoms with Gasteiger partial charge >= 0.3 is 0 Å². The molecule has 1 N–H and O–H groups in total. The van der Waals surface area contributed by atoms with Crippen LogP contribution in [0.25, 0.3) is 0 Å². The number of nitrogens with one attached hydrogen (secondary N) is 1. The van der Waals surface area contributed by atoms with Gasteiger partial charge in [-0.15, -0.1) is 11.3 Å². The summed E-state index contributed by atoms with van der Waals surface area (Å²) < 4.78 is 0. The van der Waals surface area contributed by atoms with Crippen molar-refractivity contribution in [2.24, 2.45) is 0 Å². The summed E-state index contributed by atoms with van der Waals surface area (Å²) in [6.07, 6.45) is 2.48. The van der Waals surface area contributed by atoms with Crippen LogP contribution >= 0.6 is 11.3 Å². The van der Waals surface area contributed by atoms with E-state index in [-0.39, 0.29) is 5.78 Å². The molecule has 0 atom stereocenters. The van der Waals surface area contributed by atoms with Gasteiger partial charge < -0.3 is 5.32 Å². The number of carbonyl (C=O) groups is 1. The lowest BCUT2D eigenvalue weighted by Crippen LogP contribution is -2.01. The van der Waals surface area contributed by atoms with Crippen molar-refractivity contribution in [3.8, 4) is 0 Å². The average molecular weight is 319 g/mol.